The van der Waals surface area contributed by atoms with Crippen molar-refractivity contribution in [3.05, 3.63) is 76.1 Å². The first-order valence-corrected chi connectivity index (χ1v) is 9.56. The summed E-state index contributed by atoms with van der Waals surface area (Å²) in [5, 5.41) is 0.699. The quantitative estimate of drug-likeness (QED) is 0.644. The van der Waals surface area contributed by atoms with Crippen molar-refractivity contribution >= 4 is 22.5 Å². The van der Waals surface area contributed by atoms with Gasteiger partial charge in [0.05, 0.1) is 16.6 Å². The van der Waals surface area contributed by atoms with Gasteiger partial charge in [-0.25, -0.2) is 0 Å². The van der Waals surface area contributed by atoms with Crippen LogP contribution in [0, 0.1) is 0 Å². The number of benzene rings is 2. The van der Waals surface area contributed by atoms with Gasteiger partial charge < -0.3 is 14.4 Å². The molecule has 1 saturated heterocycles. The van der Waals surface area contributed by atoms with Crippen LogP contribution < -0.4 is 10.5 Å². The first kappa shape index (κ1) is 20.0. The highest BCUT2D eigenvalue weighted by molar-refractivity contribution is 6.06. The summed E-state index contributed by atoms with van der Waals surface area (Å²) in [7, 11) is 1.66. The van der Waals surface area contributed by atoms with Crippen LogP contribution in [0.3, 0.4) is 0 Å². The smallest absolute Gasteiger partial charge is 0.368 e. The molecule has 1 aliphatic rings. The lowest BCUT2D eigenvalue weighted by Gasteiger charge is -2.36. The Hall–Kier alpha value is -3.29. The maximum atomic E-state index is 13.1. The van der Waals surface area contributed by atoms with Gasteiger partial charge >= 0.3 is 6.18 Å². The molecule has 0 aliphatic carbocycles. The Morgan fingerprint density at radius 2 is 1.63 bits per heavy atom. The van der Waals surface area contributed by atoms with E-state index in [-0.39, 0.29) is 11.5 Å². The lowest BCUT2D eigenvalue weighted by atomic mass is 10.1. The summed E-state index contributed by atoms with van der Waals surface area (Å²) < 4.78 is 40.4. The molecule has 0 bridgehead atoms. The standard InChI is InChI=1S/C22H20F3N3O2/c1-26-19-8-3-2-7-17(19)18(14-20(26)29)21(30)28-11-9-27(10-12-28)16-6-4-5-15(13-16)22(23,24)25/h2-8,13-14H,9-12H2,1H3. The second kappa shape index (κ2) is 7.51. The fourth-order valence-corrected chi connectivity index (χ4v) is 3.80. The predicted octanol–water partition coefficient (Wildman–Crippen LogP) is 3.52. The van der Waals surface area contributed by atoms with Crippen molar-refractivity contribution in [2.24, 2.45) is 7.05 Å². The zero-order valence-corrected chi connectivity index (χ0v) is 16.3. The topological polar surface area (TPSA) is 45.6 Å². The van der Waals surface area contributed by atoms with E-state index >= 15 is 0 Å². The number of aromatic nitrogens is 1. The van der Waals surface area contributed by atoms with Crippen LogP contribution in [-0.4, -0.2) is 41.6 Å². The van der Waals surface area contributed by atoms with E-state index in [1.807, 2.05) is 17.0 Å². The Labute approximate surface area is 170 Å². The van der Waals surface area contributed by atoms with Crippen LogP contribution in [0.15, 0.2) is 59.4 Å². The Balaban J connectivity index is 1.54. The van der Waals surface area contributed by atoms with E-state index in [1.54, 1.807) is 30.1 Å². The van der Waals surface area contributed by atoms with Crippen molar-refractivity contribution in [2.75, 3.05) is 31.1 Å². The van der Waals surface area contributed by atoms with Gasteiger partial charge in [0.15, 0.2) is 0 Å². The zero-order valence-electron chi connectivity index (χ0n) is 16.3. The van der Waals surface area contributed by atoms with Gasteiger partial charge in [-0.2, -0.15) is 13.2 Å². The third-order valence-electron chi connectivity index (χ3n) is 5.49. The summed E-state index contributed by atoms with van der Waals surface area (Å²) in [6.45, 7) is 1.54. The largest absolute Gasteiger partial charge is 0.416 e. The normalized spacial score (nSPS) is 14.9. The van der Waals surface area contributed by atoms with Gasteiger partial charge in [-0.1, -0.05) is 24.3 Å². The minimum Gasteiger partial charge on any atom is -0.368 e. The second-order valence-corrected chi connectivity index (χ2v) is 7.30. The van der Waals surface area contributed by atoms with E-state index in [4.69, 9.17) is 0 Å². The second-order valence-electron chi connectivity index (χ2n) is 7.30. The molecule has 0 saturated carbocycles. The van der Waals surface area contributed by atoms with Crippen molar-refractivity contribution in [1.29, 1.82) is 0 Å². The lowest BCUT2D eigenvalue weighted by Crippen LogP contribution is -2.49. The molecular formula is C22H20F3N3O2. The molecule has 1 fully saturated rings. The number of halogens is 3. The average molecular weight is 415 g/mol. The van der Waals surface area contributed by atoms with Crippen molar-refractivity contribution in [3.8, 4) is 0 Å². The van der Waals surface area contributed by atoms with Crippen LogP contribution in [0.25, 0.3) is 10.9 Å². The van der Waals surface area contributed by atoms with E-state index in [0.29, 0.717) is 48.3 Å². The molecule has 0 spiro atoms. The van der Waals surface area contributed by atoms with E-state index in [0.717, 1.165) is 12.1 Å². The van der Waals surface area contributed by atoms with Crippen molar-refractivity contribution < 1.29 is 18.0 Å². The van der Waals surface area contributed by atoms with Crippen LogP contribution in [0.4, 0.5) is 18.9 Å². The van der Waals surface area contributed by atoms with Crippen molar-refractivity contribution in [2.45, 2.75) is 6.18 Å². The molecule has 2 aromatic carbocycles. The van der Waals surface area contributed by atoms with Gasteiger partial charge in [-0.15, -0.1) is 0 Å². The molecule has 2 heterocycles. The Bertz CT molecular complexity index is 1160. The summed E-state index contributed by atoms with van der Waals surface area (Å²) in [4.78, 5) is 28.9. The summed E-state index contributed by atoms with van der Waals surface area (Å²) in [5.74, 6) is -0.243. The summed E-state index contributed by atoms with van der Waals surface area (Å²) in [5.41, 5.74) is 0.554. The van der Waals surface area contributed by atoms with Crippen molar-refractivity contribution in [3.63, 3.8) is 0 Å². The number of fused-ring (bicyclic) bond motifs is 1. The zero-order chi connectivity index (χ0) is 21.5. The molecule has 3 aromatic rings. The van der Waals surface area contributed by atoms with Gasteiger partial charge in [0.25, 0.3) is 11.5 Å². The fraction of sp³-hybridized carbons (Fsp3) is 0.273. The highest BCUT2D eigenvalue weighted by Gasteiger charge is 2.31. The first-order chi connectivity index (χ1) is 14.3. The van der Waals surface area contributed by atoms with Gasteiger partial charge in [0, 0.05) is 50.4 Å². The van der Waals surface area contributed by atoms with E-state index in [9.17, 15) is 22.8 Å². The number of rotatable bonds is 2. The van der Waals surface area contributed by atoms with Gasteiger partial charge in [-0.3, -0.25) is 9.59 Å². The molecule has 156 valence electrons. The molecule has 1 aromatic heterocycles. The van der Waals surface area contributed by atoms with Crippen LogP contribution in [-0.2, 0) is 13.2 Å². The molecule has 4 rings (SSSR count). The fourth-order valence-electron chi connectivity index (χ4n) is 3.80. The molecule has 30 heavy (non-hydrogen) atoms. The number of hydrogen-bond donors (Lipinski definition) is 0. The van der Waals surface area contributed by atoms with Gasteiger partial charge in [0.1, 0.15) is 0 Å². The molecule has 0 atom stereocenters. The third kappa shape index (κ3) is 3.65. The van der Waals surface area contributed by atoms with Crippen LogP contribution >= 0.6 is 0 Å². The minimum absolute atomic E-state index is 0.243. The molecular weight excluding hydrogens is 395 g/mol. The van der Waals surface area contributed by atoms with E-state index < -0.39 is 11.7 Å². The third-order valence-corrected chi connectivity index (χ3v) is 5.49. The summed E-state index contributed by atoms with van der Waals surface area (Å²) >= 11 is 0. The molecule has 0 radical (unpaired) electrons. The summed E-state index contributed by atoms with van der Waals surface area (Å²) in [6, 6.07) is 13.8. The number of aryl methyl sites for hydroxylation is 1. The number of carbonyl (C=O) groups is 1. The number of amides is 1. The number of piperazine rings is 1. The van der Waals surface area contributed by atoms with Gasteiger partial charge in [-0.05, 0) is 24.3 Å². The van der Waals surface area contributed by atoms with Crippen LogP contribution in [0.5, 0.6) is 0 Å². The monoisotopic (exact) mass is 415 g/mol. The first-order valence-electron chi connectivity index (χ1n) is 9.56. The minimum atomic E-state index is -4.39. The highest BCUT2D eigenvalue weighted by atomic mass is 19.4. The van der Waals surface area contributed by atoms with Gasteiger partial charge in [0.2, 0.25) is 0 Å². The number of carbonyl (C=O) groups excluding carboxylic acids is 1. The molecule has 8 heteroatoms. The maximum Gasteiger partial charge on any atom is 0.416 e. The average Bonchev–Trinajstić information content (AvgIpc) is 2.75. The van der Waals surface area contributed by atoms with E-state index in [1.165, 1.54) is 16.7 Å². The lowest BCUT2D eigenvalue weighted by molar-refractivity contribution is -0.137. The SMILES string of the molecule is Cn1c(=O)cc(C(=O)N2CCN(c3cccc(C(F)(F)F)c3)CC2)c2ccccc21. The number of anilines is 1. The molecule has 1 amide bonds. The Morgan fingerprint density at radius 1 is 0.933 bits per heavy atom. The number of para-hydroxylation sites is 1. The van der Waals surface area contributed by atoms with Crippen LogP contribution in [0.2, 0.25) is 0 Å². The van der Waals surface area contributed by atoms with Crippen LogP contribution in [0.1, 0.15) is 15.9 Å². The molecule has 0 N–H and O–H groups in total. The Morgan fingerprint density at radius 3 is 2.33 bits per heavy atom. The van der Waals surface area contributed by atoms with E-state index in [2.05, 4.69) is 0 Å². The maximum absolute atomic E-state index is 13.1. The highest BCUT2D eigenvalue weighted by Crippen LogP contribution is 2.32. The number of nitrogens with zero attached hydrogens (tertiary/aromatic N) is 3. The predicted molar refractivity (Wildman–Crippen MR) is 109 cm³/mol. The Kier molecular flexibility index (Phi) is 5.01. The molecule has 0 unspecified atom stereocenters. The molecule has 5 nitrogen and oxygen atoms in total. The summed E-state index contributed by atoms with van der Waals surface area (Å²) in [6.07, 6.45) is -4.39. The molecule has 1 aliphatic heterocycles. The number of alkyl halides is 3. The number of hydrogen-bond acceptors (Lipinski definition) is 3. The number of pyridine rings is 1. The van der Waals surface area contributed by atoms with Crippen molar-refractivity contribution in [1.82, 2.24) is 9.47 Å².